The van der Waals surface area contributed by atoms with Gasteiger partial charge in [-0.25, -0.2) is 4.98 Å². The summed E-state index contributed by atoms with van der Waals surface area (Å²) in [6, 6.07) is 31.9. The number of aliphatic imine (C=N–C) groups is 2. The topological polar surface area (TPSA) is 291 Å². The number of likely N-dealkylation sites (N-methyl/N-ethyl adjacent to an activating group) is 2. The molecule has 0 unspecified atom stereocenters. The lowest BCUT2D eigenvalue weighted by Gasteiger charge is -2.34. The molecule has 0 spiro atoms. The number of carbonyl (C=O) groups excluding carboxylic acids is 5. The van der Waals surface area contributed by atoms with E-state index >= 15 is 0 Å². The van der Waals surface area contributed by atoms with E-state index in [1.165, 1.54) is 31.6 Å². The molecule has 102 heavy (non-hydrogen) atoms. The lowest BCUT2D eigenvalue weighted by atomic mass is 9.78. The number of amides is 5. The summed E-state index contributed by atoms with van der Waals surface area (Å²) in [6.45, 7) is 26.3. The summed E-state index contributed by atoms with van der Waals surface area (Å²) in [6.07, 6.45) is 6.23. The first-order valence-corrected chi connectivity index (χ1v) is 36.3. The number of piperazine rings is 2. The lowest BCUT2D eigenvalue weighted by Crippen LogP contribution is -2.49. The molecule has 2 fully saturated rings. The number of nitrogens with two attached hydrogens (primary N) is 2. The number of aromatic amines is 1. The number of aromatic nitrogens is 2. The van der Waals surface area contributed by atoms with Crippen LogP contribution in [0.25, 0.3) is 22.4 Å². The van der Waals surface area contributed by atoms with Crippen LogP contribution in [0.3, 0.4) is 0 Å². The largest absolute Gasteiger partial charge is 0.494 e. The Bertz CT molecular complexity index is 3980. The Balaban J connectivity index is 0.0000121. The van der Waals surface area contributed by atoms with Crippen LogP contribution in [0.15, 0.2) is 113 Å². The average molecular weight is 1400 g/mol. The van der Waals surface area contributed by atoms with E-state index in [9.17, 15) is 24.0 Å². The highest BCUT2D eigenvalue weighted by Gasteiger charge is 2.31. The minimum absolute atomic E-state index is 0. The van der Waals surface area contributed by atoms with E-state index in [1.54, 1.807) is 6.20 Å². The molecule has 0 saturated carbocycles. The molecule has 0 atom stereocenters. The number of benzene rings is 5. The maximum absolute atomic E-state index is 14.0. The fourth-order valence-electron chi connectivity index (χ4n) is 13.4. The van der Waals surface area contributed by atoms with Crippen LogP contribution >= 0.6 is 0 Å². The van der Waals surface area contributed by atoms with Gasteiger partial charge in [0.1, 0.15) is 17.3 Å². The average Bonchev–Trinajstić information content (AvgIpc) is 1.10. The molecule has 23 heteroatoms. The van der Waals surface area contributed by atoms with Crippen molar-refractivity contribution in [3.05, 3.63) is 136 Å². The minimum Gasteiger partial charge on any atom is -0.494 e. The number of rotatable bonds is 32. The van der Waals surface area contributed by atoms with Crippen molar-refractivity contribution in [1.82, 2.24) is 51.3 Å². The molecule has 4 aliphatic heterocycles. The van der Waals surface area contributed by atoms with Crippen molar-refractivity contribution in [2.75, 3.05) is 142 Å². The summed E-state index contributed by atoms with van der Waals surface area (Å²) >= 11 is 0. The van der Waals surface area contributed by atoms with Crippen molar-refractivity contribution >= 4 is 74.7 Å². The Morgan fingerprint density at radius 1 is 0.588 bits per heavy atom. The number of hydrogen-bond acceptors (Lipinski definition) is 17. The Morgan fingerprint density at radius 3 is 1.76 bits per heavy atom. The van der Waals surface area contributed by atoms with Gasteiger partial charge in [-0.1, -0.05) is 73.6 Å². The highest BCUT2D eigenvalue weighted by molar-refractivity contribution is 6.10. The van der Waals surface area contributed by atoms with Gasteiger partial charge >= 0.3 is 0 Å². The van der Waals surface area contributed by atoms with Crippen molar-refractivity contribution in [3.63, 3.8) is 0 Å². The molecule has 5 aromatic carbocycles. The van der Waals surface area contributed by atoms with E-state index in [0.717, 1.165) is 138 Å². The molecular formula is C79H110N16O7. The number of fused-ring (bicyclic) bond motifs is 3. The summed E-state index contributed by atoms with van der Waals surface area (Å²) in [7, 11) is 4.34. The molecule has 10 rings (SSSR count). The predicted molar refractivity (Wildman–Crippen MR) is 409 cm³/mol. The molecule has 0 radical (unpaired) electrons. The molecule has 5 amide bonds. The molecular weight excluding hydrogens is 1280 g/mol. The molecule has 5 heterocycles. The fourth-order valence-corrected chi connectivity index (χ4v) is 13.4. The second-order valence-electron chi connectivity index (χ2n) is 29.6. The Labute approximate surface area is 603 Å². The highest BCUT2D eigenvalue weighted by Crippen LogP contribution is 2.43. The van der Waals surface area contributed by atoms with Crippen molar-refractivity contribution in [2.24, 2.45) is 21.5 Å². The van der Waals surface area contributed by atoms with Gasteiger partial charge in [-0.15, -0.1) is 0 Å². The number of nitrogens with zero attached hydrogens (tertiary/aromatic N) is 10. The van der Waals surface area contributed by atoms with Crippen molar-refractivity contribution in [1.29, 1.82) is 0 Å². The molecule has 23 nitrogen and oxygen atoms in total. The normalized spacial score (nSPS) is 14.9. The molecule has 1 aromatic heterocycles. The smallest absolute Gasteiger partial charge is 0.243 e. The van der Waals surface area contributed by atoms with Gasteiger partial charge in [0.2, 0.25) is 29.5 Å². The van der Waals surface area contributed by atoms with Gasteiger partial charge in [-0.3, -0.25) is 34.0 Å². The third kappa shape index (κ3) is 20.5. The van der Waals surface area contributed by atoms with Gasteiger partial charge < -0.3 is 77.0 Å². The van der Waals surface area contributed by atoms with Gasteiger partial charge in [0, 0.05) is 144 Å². The first-order chi connectivity index (χ1) is 48.4. The lowest BCUT2D eigenvalue weighted by molar-refractivity contribution is -0.144. The van der Waals surface area contributed by atoms with Crippen LogP contribution in [0.2, 0.25) is 0 Å². The Morgan fingerprint density at radius 2 is 1.15 bits per heavy atom. The fraction of sp³-hybridized carbons (Fsp3) is 0.494. The molecule has 4 aliphatic rings. The van der Waals surface area contributed by atoms with Crippen LogP contribution in [0, 0.1) is 0 Å². The zero-order valence-corrected chi connectivity index (χ0v) is 62.0. The van der Waals surface area contributed by atoms with Crippen LogP contribution in [0.1, 0.15) is 134 Å². The number of imidazole rings is 1. The standard InChI is InChI=1S/C79H107N15O7.H3N/c1-11-29-92(73(97)20-15-39-100-62-18-13-17-54(43-62)68-46-56-41-55(21-24-65(56)84-68)69-47-57-42-60(22-25-66(57)85-69)90-35-31-88(9)32-36-90)52-74(98)93(30-12-2)53-75(99)94(51-71(81)95)50-59(80)49-82-27-16-28-83-72(96)19-14-40-101-76-63(78(3,4)5)44-58(45-64(76)79(6,7)8)77-86-67-26-23-61(48-70(67)87-77)91-37-33-89(10)34-38-91;/h13,17-18,21-26,41-45,48-49,82H,11-12,14-16,19-20,27-40,46-47,50-53,80H2,1-10H3,(H2,81,95)(H,83,96)(H,86,87);1H3/b59-49-;. The third-order valence-corrected chi connectivity index (χ3v) is 19.2. The van der Waals surface area contributed by atoms with Crippen LogP contribution in [0.4, 0.5) is 22.7 Å². The van der Waals surface area contributed by atoms with E-state index in [1.807, 2.05) is 38.1 Å². The second-order valence-corrected chi connectivity index (χ2v) is 29.6. The number of H-pyrrole nitrogens is 1. The number of primary amides is 1. The summed E-state index contributed by atoms with van der Waals surface area (Å²) in [5.41, 5.74) is 27.9. The van der Waals surface area contributed by atoms with Gasteiger partial charge in [-0.2, -0.15) is 0 Å². The van der Waals surface area contributed by atoms with E-state index in [2.05, 4.69) is 158 Å². The van der Waals surface area contributed by atoms with Gasteiger partial charge in [0.15, 0.2) is 0 Å². The molecule has 10 N–H and O–H groups in total. The third-order valence-electron chi connectivity index (χ3n) is 19.2. The number of nitrogens with one attached hydrogen (secondary N) is 3. The first kappa shape index (κ1) is 76.9. The molecule has 2 saturated heterocycles. The zero-order chi connectivity index (χ0) is 72.0. The summed E-state index contributed by atoms with van der Waals surface area (Å²) in [5.74, 6) is 0.425. The first-order valence-electron chi connectivity index (χ1n) is 36.3. The Hall–Kier alpha value is -9.32. The molecule has 548 valence electrons. The van der Waals surface area contributed by atoms with Crippen LogP contribution < -0.4 is 47.5 Å². The number of carbonyl (C=O) groups is 5. The van der Waals surface area contributed by atoms with Gasteiger partial charge in [0.25, 0.3) is 0 Å². The zero-order valence-electron chi connectivity index (χ0n) is 62.0. The van der Waals surface area contributed by atoms with Crippen LogP contribution in [0.5, 0.6) is 11.5 Å². The van der Waals surface area contributed by atoms with Gasteiger partial charge in [-0.05, 0) is 152 Å². The van der Waals surface area contributed by atoms with Crippen molar-refractivity contribution < 1.29 is 33.4 Å². The predicted octanol–water partition coefficient (Wildman–Crippen LogP) is 9.55. The summed E-state index contributed by atoms with van der Waals surface area (Å²) in [4.78, 5) is 99.4. The highest BCUT2D eigenvalue weighted by atomic mass is 16.5. The van der Waals surface area contributed by atoms with E-state index < -0.39 is 18.4 Å². The maximum Gasteiger partial charge on any atom is 0.243 e. The van der Waals surface area contributed by atoms with E-state index in [0.29, 0.717) is 76.9 Å². The minimum atomic E-state index is -0.736. The quantitative estimate of drug-likeness (QED) is 0.0214. The van der Waals surface area contributed by atoms with Crippen molar-refractivity contribution in [3.8, 4) is 22.9 Å². The monoisotopic (exact) mass is 1390 g/mol. The number of anilines is 2. The van der Waals surface area contributed by atoms with Crippen LogP contribution in [-0.2, 0) is 47.6 Å². The maximum atomic E-state index is 14.0. The van der Waals surface area contributed by atoms with Gasteiger partial charge in [0.05, 0.1) is 73.2 Å². The SMILES string of the molecule is CCCN(CC(=O)N(CCC)CC(=O)N(CC(N)=O)C/C(N)=C/NCCCNC(=O)CCCOc1c(C(C)(C)C)cc(-c2nc3ccc(N4CCN(C)CC4)cc3[nH]2)cc1C(C)(C)C)C(=O)CCCOc1cccc(C2=Nc3ccc(C4=Nc5ccc(N6CCN(C)CC6)cc5C4)cc3C2)c1.N. The van der Waals surface area contributed by atoms with Crippen molar-refractivity contribution in [2.45, 2.75) is 124 Å². The van der Waals surface area contributed by atoms with Crippen LogP contribution in [-0.4, -0.2) is 207 Å². The van der Waals surface area contributed by atoms with E-state index in [-0.39, 0.29) is 79.6 Å². The number of hydrogen-bond donors (Lipinski definition) is 6. The molecule has 0 bridgehead atoms. The molecule has 6 aromatic rings. The summed E-state index contributed by atoms with van der Waals surface area (Å²) in [5, 5.41) is 6.14. The number of ether oxygens (including phenoxy) is 2. The Kier molecular flexibility index (Phi) is 26.4. The summed E-state index contributed by atoms with van der Waals surface area (Å²) < 4.78 is 12.8. The molecule has 0 aliphatic carbocycles. The van der Waals surface area contributed by atoms with E-state index in [4.69, 9.17) is 35.9 Å². The second kappa shape index (κ2) is 35.0.